The number of benzene rings is 2. The molecule has 0 atom stereocenters. The molecule has 0 aliphatic carbocycles. The highest BCUT2D eigenvalue weighted by Gasteiger charge is 2.17. The molecule has 0 fully saturated rings. The number of carbonyl (C=O) groups excluding carboxylic acids is 1. The molecule has 2 rings (SSSR count). The van der Waals surface area contributed by atoms with Gasteiger partial charge in [0.1, 0.15) is 17.2 Å². The Morgan fingerprint density at radius 2 is 1.45 bits per heavy atom. The van der Waals surface area contributed by atoms with Gasteiger partial charge in [-0.1, -0.05) is 24.3 Å². The minimum Gasteiger partial charge on any atom is -0.496 e. The molecule has 5 nitrogen and oxygen atoms in total. The van der Waals surface area contributed by atoms with Crippen LogP contribution in [0.2, 0.25) is 0 Å². The van der Waals surface area contributed by atoms with Crippen LogP contribution in [0.5, 0.6) is 17.2 Å². The molecule has 2 N–H and O–H groups in total. The number of hydrogen-bond donors (Lipinski definition) is 1. The van der Waals surface area contributed by atoms with E-state index in [1.165, 1.54) is 0 Å². The van der Waals surface area contributed by atoms with Gasteiger partial charge in [-0.2, -0.15) is 0 Å². The number of para-hydroxylation sites is 1. The summed E-state index contributed by atoms with van der Waals surface area (Å²) in [5.74, 6) is 1.58. The predicted molar refractivity (Wildman–Crippen MR) is 75.2 cm³/mol. The zero-order valence-electron chi connectivity index (χ0n) is 11.3. The third-order valence-electron chi connectivity index (χ3n) is 2.79. The van der Waals surface area contributed by atoms with Gasteiger partial charge >= 0.3 is 6.09 Å². The summed E-state index contributed by atoms with van der Waals surface area (Å²) < 4.78 is 15.7. The minimum atomic E-state index is -0.869. The van der Waals surface area contributed by atoms with Crippen molar-refractivity contribution < 1.29 is 19.0 Å². The van der Waals surface area contributed by atoms with Crippen molar-refractivity contribution in [3.8, 4) is 28.4 Å². The summed E-state index contributed by atoms with van der Waals surface area (Å²) in [4.78, 5) is 11.0. The number of nitrogens with two attached hydrogens (primary N) is 1. The standard InChI is InChI=1S/C15H15NO4/c1-18-12-8-5-9-13(19-2)14(12)10-6-3-4-7-11(10)20-15(16)17/h3-9H,1-2H3,(H2,16,17). The van der Waals surface area contributed by atoms with Gasteiger partial charge in [0, 0.05) is 5.56 Å². The molecule has 2 aromatic carbocycles. The number of primary amides is 1. The number of ether oxygens (including phenoxy) is 3. The third-order valence-corrected chi connectivity index (χ3v) is 2.79. The first-order valence-electron chi connectivity index (χ1n) is 5.95. The molecule has 0 saturated carbocycles. The molecule has 104 valence electrons. The average Bonchev–Trinajstić information content (AvgIpc) is 2.46. The van der Waals surface area contributed by atoms with E-state index in [1.807, 2.05) is 12.1 Å². The zero-order valence-corrected chi connectivity index (χ0v) is 11.3. The van der Waals surface area contributed by atoms with E-state index in [0.717, 1.165) is 0 Å². The predicted octanol–water partition coefficient (Wildman–Crippen LogP) is 2.83. The smallest absolute Gasteiger partial charge is 0.409 e. The summed E-state index contributed by atoms with van der Waals surface area (Å²) in [7, 11) is 3.13. The first-order chi connectivity index (χ1) is 9.67. The van der Waals surface area contributed by atoms with Gasteiger partial charge in [-0.05, 0) is 18.2 Å². The summed E-state index contributed by atoms with van der Waals surface area (Å²) in [6, 6.07) is 12.5. The van der Waals surface area contributed by atoms with E-state index in [0.29, 0.717) is 28.4 Å². The Morgan fingerprint density at radius 3 is 2.00 bits per heavy atom. The van der Waals surface area contributed by atoms with Crippen LogP contribution < -0.4 is 19.9 Å². The first-order valence-corrected chi connectivity index (χ1v) is 5.95. The molecular weight excluding hydrogens is 258 g/mol. The van der Waals surface area contributed by atoms with Crippen molar-refractivity contribution in [2.24, 2.45) is 5.73 Å². The third kappa shape index (κ3) is 2.66. The highest BCUT2D eigenvalue weighted by Crippen LogP contribution is 2.42. The Morgan fingerprint density at radius 1 is 0.900 bits per heavy atom. The van der Waals surface area contributed by atoms with Crippen LogP contribution in [0, 0.1) is 0 Å². The van der Waals surface area contributed by atoms with Gasteiger partial charge in [0.25, 0.3) is 0 Å². The molecule has 0 radical (unpaired) electrons. The Balaban J connectivity index is 2.64. The summed E-state index contributed by atoms with van der Waals surface area (Å²) in [5, 5.41) is 0. The lowest BCUT2D eigenvalue weighted by Gasteiger charge is -2.15. The first kappa shape index (κ1) is 13.7. The van der Waals surface area contributed by atoms with Crippen molar-refractivity contribution in [2.75, 3.05) is 14.2 Å². The van der Waals surface area contributed by atoms with Crippen LogP contribution in [0.1, 0.15) is 0 Å². The molecule has 20 heavy (non-hydrogen) atoms. The van der Waals surface area contributed by atoms with Gasteiger partial charge in [-0.25, -0.2) is 4.79 Å². The van der Waals surface area contributed by atoms with Crippen molar-refractivity contribution in [2.45, 2.75) is 0 Å². The van der Waals surface area contributed by atoms with Gasteiger partial charge in [0.15, 0.2) is 0 Å². The van der Waals surface area contributed by atoms with E-state index in [4.69, 9.17) is 19.9 Å². The molecule has 0 unspecified atom stereocenters. The normalized spacial score (nSPS) is 9.90. The highest BCUT2D eigenvalue weighted by atomic mass is 16.5. The van der Waals surface area contributed by atoms with Crippen LogP contribution in [0.4, 0.5) is 4.79 Å². The lowest BCUT2D eigenvalue weighted by atomic mass is 10.0. The topological polar surface area (TPSA) is 70.8 Å². The Labute approximate surface area is 116 Å². The van der Waals surface area contributed by atoms with E-state index in [9.17, 15) is 4.79 Å². The lowest BCUT2D eigenvalue weighted by Crippen LogP contribution is -2.16. The Hall–Kier alpha value is -2.69. The summed E-state index contributed by atoms with van der Waals surface area (Å²) in [6.45, 7) is 0. The van der Waals surface area contributed by atoms with E-state index >= 15 is 0 Å². The molecule has 0 aliphatic heterocycles. The van der Waals surface area contributed by atoms with Gasteiger partial charge in [-0.15, -0.1) is 0 Å². The number of rotatable bonds is 4. The van der Waals surface area contributed by atoms with Crippen molar-refractivity contribution in [1.82, 2.24) is 0 Å². The monoisotopic (exact) mass is 273 g/mol. The molecule has 0 aliphatic rings. The van der Waals surface area contributed by atoms with Gasteiger partial charge in [-0.3, -0.25) is 0 Å². The van der Waals surface area contributed by atoms with Crippen molar-refractivity contribution in [1.29, 1.82) is 0 Å². The van der Waals surface area contributed by atoms with Gasteiger partial charge < -0.3 is 19.9 Å². The summed E-state index contributed by atoms with van der Waals surface area (Å²) in [6.07, 6.45) is -0.869. The summed E-state index contributed by atoms with van der Waals surface area (Å²) >= 11 is 0. The number of methoxy groups -OCH3 is 2. The lowest BCUT2D eigenvalue weighted by molar-refractivity contribution is 0.211. The summed E-state index contributed by atoms with van der Waals surface area (Å²) in [5.41, 5.74) is 6.46. The largest absolute Gasteiger partial charge is 0.496 e. The van der Waals surface area contributed by atoms with Crippen LogP contribution in [0.3, 0.4) is 0 Å². The average molecular weight is 273 g/mol. The van der Waals surface area contributed by atoms with Crippen molar-refractivity contribution in [3.05, 3.63) is 42.5 Å². The second-order valence-electron chi connectivity index (χ2n) is 3.95. The van der Waals surface area contributed by atoms with Crippen LogP contribution in [-0.2, 0) is 0 Å². The molecule has 0 aromatic heterocycles. The van der Waals surface area contributed by atoms with E-state index in [-0.39, 0.29) is 0 Å². The zero-order chi connectivity index (χ0) is 14.5. The fraction of sp³-hybridized carbons (Fsp3) is 0.133. The molecular formula is C15H15NO4. The van der Waals surface area contributed by atoms with Crippen molar-refractivity contribution >= 4 is 6.09 Å². The number of hydrogen-bond acceptors (Lipinski definition) is 4. The van der Waals surface area contributed by atoms with Crippen molar-refractivity contribution in [3.63, 3.8) is 0 Å². The molecule has 0 heterocycles. The van der Waals surface area contributed by atoms with E-state index < -0.39 is 6.09 Å². The quantitative estimate of drug-likeness (QED) is 0.929. The number of carbonyl (C=O) groups is 1. The van der Waals surface area contributed by atoms with Crippen LogP contribution in [0.25, 0.3) is 11.1 Å². The maximum Gasteiger partial charge on any atom is 0.409 e. The molecule has 0 saturated heterocycles. The highest BCUT2D eigenvalue weighted by molar-refractivity contribution is 5.83. The maximum absolute atomic E-state index is 11.0. The second-order valence-corrected chi connectivity index (χ2v) is 3.95. The van der Waals surface area contributed by atoms with Crippen LogP contribution >= 0.6 is 0 Å². The van der Waals surface area contributed by atoms with E-state index in [1.54, 1.807) is 44.6 Å². The molecule has 1 amide bonds. The minimum absolute atomic E-state index is 0.350. The molecule has 0 bridgehead atoms. The molecule has 0 spiro atoms. The maximum atomic E-state index is 11.0. The Kier molecular flexibility index (Phi) is 4.10. The molecule has 5 heteroatoms. The molecule has 2 aromatic rings. The van der Waals surface area contributed by atoms with E-state index in [2.05, 4.69) is 0 Å². The number of amides is 1. The SMILES string of the molecule is COc1cccc(OC)c1-c1ccccc1OC(N)=O. The van der Waals surface area contributed by atoms with Gasteiger partial charge in [0.2, 0.25) is 0 Å². The second kappa shape index (κ2) is 5.97. The fourth-order valence-corrected chi connectivity index (χ4v) is 1.99. The van der Waals surface area contributed by atoms with Crippen LogP contribution in [-0.4, -0.2) is 20.3 Å². The van der Waals surface area contributed by atoms with Crippen LogP contribution in [0.15, 0.2) is 42.5 Å². The van der Waals surface area contributed by atoms with Gasteiger partial charge in [0.05, 0.1) is 19.8 Å². The fourth-order valence-electron chi connectivity index (χ4n) is 1.99. The Bertz CT molecular complexity index is 603.